The molecule has 0 bridgehead atoms. The molecule has 5 heteroatoms. The third-order valence-corrected chi connectivity index (χ3v) is 3.10. The maximum atomic E-state index is 12.0. The van der Waals surface area contributed by atoms with Crippen molar-refractivity contribution in [3.8, 4) is 0 Å². The number of halogens is 4. The molecule has 1 aromatic carbocycles. The van der Waals surface area contributed by atoms with Gasteiger partial charge in [-0.15, -0.1) is 0 Å². The summed E-state index contributed by atoms with van der Waals surface area (Å²) in [5.74, 6) is 0. The van der Waals surface area contributed by atoms with Crippen LogP contribution in [0.1, 0.15) is 30.9 Å². The van der Waals surface area contributed by atoms with Crippen LogP contribution in [-0.4, -0.2) is 13.2 Å². The summed E-state index contributed by atoms with van der Waals surface area (Å²) in [5, 5.41) is 3.04. The third-order valence-electron chi connectivity index (χ3n) is 2.57. The van der Waals surface area contributed by atoms with E-state index in [4.69, 9.17) is 0 Å². The van der Waals surface area contributed by atoms with Crippen LogP contribution < -0.4 is 5.32 Å². The lowest BCUT2D eigenvalue weighted by Gasteiger charge is -2.17. The monoisotopic (exact) mass is 309 g/mol. The van der Waals surface area contributed by atoms with Crippen LogP contribution in [0.5, 0.6) is 0 Å². The standard InChI is InChI=1S/C12H15BrF3N/c1-17-11(3-2-8-12(14,15)16)9-4-6-10(13)7-5-9/h4-7,11,17H,2-3,8H2,1H3. The normalized spacial score (nSPS) is 13.7. The van der Waals surface area contributed by atoms with Crippen LogP contribution in [0.4, 0.5) is 13.2 Å². The molecule has 1 aromatic rings. The van der Waals surface area contributed by atoms with Crippen LogP contribution in [-0.2, 0) is 0 Å². The molecule has 1 unspecified atom stereocenters. The number of nitrogens with one attached hydrogen (secondary N) is 1. The molecule has 0 spiro atoms. The number of benzene rings is 1. The van der Waals surface area contributed by atoms with Gasteiger partial charge in [0.2, 0.25) is 0 Å². The Labute approximate surface area is 108 Å². The molecule has 0 aromatic heterocycles. The summed E-state index contributed by atoms with van der Waals surface area (Å²) in [7, 11) is 1.76. The Balaban J connectivity index is 2.51. The lowest BCUT2D eigenvalue weighted by Crippen LogP contribution is -2.17. The van der Waals surface area contributed by atoms with Gasteiger partial charge in [0.05, 0.1) is 0 Å². The average molecular weight is 310 g/mol. The molecular formula is C12H15BrF3N. The Kier molecular flexibility index (Phi) is 5.46. The Hall–Kier alpha value is -0.550. The molecule has 17 heavy (non-hydrogen) atoms. The van der Waals surface area contributed by atoms with Gasteiger partial charge in [0.15, 0.2) is 0 Å². The highest BCUT2D eigenvalue weighted by molar-refractivity contribution is 9.10. The van der Waals surface area contributed by atoms with Gasteiger partial charge in [-0.05, 0) is 37.6 Å². The van der Waals surface area contributed by atoms with E-state index < -0.39 is 12.6 Å². The zero-order chi connectivity index (χ0) is 12.9. The van der Waals surface area contributed by atoms with Crippen molar-refractivity contribution in [2.45, 2.75) is 31.5 Å². The van der Waals surface area contributed by atoms with E-state index in [0.717, 1.165) is 10.0 Å². The van der Waals surface area contributed by atoms with Crippen LogP contribution in [0.15, 0.2) is 28.7 Å². The second-order valence-electron chi connectivity index (χ2n) is 3.90. The predicted molar refractivity (Wildman–Crippen MR) is 65.8 cm³/mol. The Morgan fingerprint density at radius 2 is 1.82 bits per heavy atom. The van der Waals surface area contributed by atoms with Gasteiger partial charge in [-0.3, -0.25) is 0 Å². The van der Waals surface area contributed by atoms with Crippen molar-refractivity contribution >= 4 is 15.9 Å². The van der Waals surface area contributed by atoms with Gasteiger partial charge in [0.1, 0.15) is 0 Å². The highest BCUT2D eigenvalue weighted by Crippen LogP contribution is 2.26. The minimum atomic E-state index is -4.06. The lowest BCUT2D eigenvalue weighted by molar-refractivity contribution is -0.135. The van der Waals surface area contributed by atoms with E-state index in [1.54, 1.807) is 7.05 Å². The summed E-state index contributed by atoms with van der Waals surface area (Å²) in [6, 6.07) is 7.59. The maximum Gasteiger partial charge on any atom is 0.389 e. The van der Waals surface area contributed by atoms with Gasteiger partial charge in [-0.2, -0.15) is 13.2 Å². The molecule has 1 atom stereocenters. The minimum Gasteiger partial charge on any atom is -0.313 e. The number of hydrogen-bond acceptors (Lipinski definition) is 1. The Bertz CT molecular complexity index is 335. The first-order valence-electron chi connectivity index (χ1n) is 5.42. The molecule has 96 valence electrons. The van der Waals surface area contributed by atoms with Gasteiger partial charge in [-0.1, -0.05) is 28.1 Å². The summed E-state index contributed by atoms with van der Waals surface area (Å²) in [4.78, 5) is 0. The third kappa shape index (κ3) is 5.55. The van der Waals surface area contributed by atoms with Crippen LogP contribution in [0.3, 0.4) is 0 Å². The van der Waals surface area contributed by atoms with Crippen LogP contribution in [0.2, 0.25) is 0 Å². The fraction of sp³-hybridized carbons (Fsp3) is 0.500. The summed E-state index contributed by atoms with van der Waals surface area (Å²) in [6.45, 7) is 0. The van der Waals surface area contributed by atoms with Crippen molar-refractivity contribution in [2.75, 3.05) is 7.05 Å². The molecule has 0 radical (unpaired) electrons. The molecule has 0 saturated heterocycles. The molecule has 0 saturated carbocycles. The zero-order valence-electron chi connectivity index (χ0n) is 9.52. The molecule has 0 amide bonds. The zero-order valence-corrected chi connectivity index (χ0v) is 11.1. The fourth-order valence-electron chi connectivity index (χ4n) is 1.68. The average Bonchev–Trinajstić information content (AvgIpc) is 2.24. The van der Waals surface area contributed by atoms with Gasteiger partial charge >= 0.3 is 6.18 Å². The highest BCUT2D eigenvalue weighted by atomic mass is 79.9. The predicted octanol–water partition coefficient (Wildman–Crippen LogP) is 4.44. The number of hydrogen-bond donors (Lipinski definition) is 1. The van der Waals surface area contributed by atoms with Crippen molar-refractivity contribution in [1.29, 1.82) is 0 Å². The van der Waals surface area contributed by atoms with Crippen molar-refractivity contribution in [2.24, 2.45) is 0 Å². The smallest absolute Gasteiger partial charge is 0.313 e. The quantitative estimate of drug-likeness (QED) is 0.847. The molecule has 1 rings (SSSR count). The molecular weight excluding hydrogens is 295 g/mol. The summed E-state index contributed by atoms with van der Waals surface area (Å²) in [6.07, 6.45) is -4.15. The highest BCUT2D eigenvalue weighted by Gasteiger charge is 2.26. The van der Waals surface area contributed by atoms with Crippen LogP contribution >= 0.6 is 15.9 Å². The molecule has 0 fully saturated rings. The van der Waals surface area contributed by atoms with Crippen molar-refractivity contribution in [3.63, 3.8) is 0 Å². The SMILES string of the molecule is CNC(CCCC(F)(F)F)c1ccc(Br)cc1. The van der Waals surface area contributed by atoms with Crippen molar-refractivity contribution in [3.05, 3.63) is 34.3 Å². The minimum absolute atomic E-state index is 0.0227. The van der Waals surface area contributed by atoms with E-state index >= 15 is 0 Å². The van der Waals surface area contributed by atoms with Crippen molar-refractivity contribution in [1.82, 2.24) is 5.32 Å². The van der Waals surface area contributed by atoms with Gasteiger partial charge in [-0.25, -0.2) is 0 Å². The summed E-state index contributed by atoms with van der Waals surface area (Å²) in [5.41, 5.74) is 1.01. The molecule has 0 aliphatic rings. The van der Waals surface area contributed by atoms with E-state index in [0.29, 0.717) is 6.42 Å². The van der Waals surface area contributed by atoms with E-state index in [1.165, 1.54) is 0 Å². The molecule has 0 aliphatic heterocycles. The van der Waals surface area contributed by atoms with Gasteiger partial charge in [0, 0.05) is 16.9 Å². The number of alkyl halides is 3. The molecule has 0 heterocycles. The first-order valence-corrected chi connectivity index (χ1v) is 6.21. The first-order chi connectivity index (χ1) is 7.92. The molecule has 1 N–H and O–H groups in total. The first kappa shape index (κ1) is 14.5. The Morgan fingerprint density at radius 1 is 1.24 bits per heavy atom. The van der Waals surface area contributed by atoms with E-state index in [9.17, 15) is 13.2 Å². The van der Waals surface area contributed by atoms with Crippen LogP contribution in [0, 0.1) is 0 Å². The maximum absolute atomic E-state index is 12.0. The van der Waals surface area contributed by atoms with Crippen molar-refractivity contribution < 1.29 is 13.2 Å². The summed E-state index contributed by atoms with van der Waals surface area (Å²) >= 11 is 3.33. The number of rotatable bonds is 5. The Morgan fingerprint density at radius 3 is 2.29 bits per heavy atom. The largest absolute Gasteiger partial charge is 0.389 e. The second-order valence-corrected chi connectivity index (χ2v) is 4.82. The van der Waals surface area contributed by atoms with Gasteiger partial charge in [0.25, 0.3) is 0 Å². The van der Waals surface area contributed by atoms with Gasteiger partial charge < -0.3 is 5.32 Å². The summed E-state index contributed by atoms with van der Waals surface area (Å²) < 4.78 is 37.1. The second kappa shape index (κ2) is 6.40. The lowest BCUT2D eigenvalue weighted by atomic mass is 10.0. The van der Waals surface area contributed by atoms with E-state index in [-0.39, 0.29) is 12.5 Å². The van der Waals surface area contributed by atoms with E-state index in [1.807, 2.05) is 24.3 Å². The molecule has 0 aliphatic carbocycles. The fourth-order valence-corrected chi connectivity index (χ4v) is 1.94. The molecule has 1 nitrogen and oxygen atoms in total. The van der Waals surface area contributed by atoms with Crippen LogP contribution in [0.25, 0.3) is 0 Å². The van der Waals surface area contributed by atoms with E-state index in [2.05, 4.69) is 21.2 Å². The topological polar surface area (TPSA) is 12.0 Å².